The van der Waals surface area contributed by atoms with E-state index in [4.69, 9.17) is 16.6 Å². The highest BCUT2D eigenvalue weighted by Gasteiger charge is 2.09. The highest BCUT2D eigenvalue weighted by atomic mass is 16.4. The average molecular weight is 231 g/mol. The second-order valence-electron chi connectivity index (χ2n) is 4.04. The van der Waals surface area contributed by atoms with Gasteiger partial charge in [0.05, 0.1) is 0 Å². The van der Waals surface area contributed by atoms with Gasteiger partial charge < -0.3 is 21.9 Å². The van der Waals surface area contributed by atoms with Gasteiger partial charge in [-0.3, -0.25) is 4.79 Å². The summed E-state index contributed by atoms with van der Waals surface area (Å²) in [6.45, 7) is 3.10. The molecule has 1 heterocycles. The molecule has 0 bridgehead atoms. The van der Waals surface area contributed by atoms with Crippen LogP contribution in [0.3, 0.4) is 0 Å². The quantitative estimate of drug-likeness (QED) is 0.509. The molecule has 1 rings (SSSR count). The third-order valence-corrected chi connectivity index (χ3v) is 2.49. The number of nitrogens with one attached hydrogen (secondary N) is 1. The van der Waals surface area contributed by atoms with Crippen LogP contribution in [-0.2, 0) is 4.79 Å². The first-order valence-corrected chi connectivity index (χ1v) is 6.07. The Morgan fingerprint density at radius 2 is 1.88 bits per heavy atom. The molecule has 0 aromatic rings. The van der Waals surface area contributed by atoms with Crippen LogP contribution in [0.4, 0.5) is 0 Å². The van der Waals surface area contributed by atoms with E-state index in [1.54, 1.807) is 0 Å². The lowest BCUT2D eigenvalue weighted by molar-refractivity contribution is -0.138. The molecule has 0 spiro atoms. The zero-order valence-corrected chi connectivity index (χ0v) is 9.95. The lowest BCUT2D eigenvalue weighted by Gasteiger charge is -2.08. The van der Waals surface area contributed by atoms with Crippen LogP contribution in [0, 0.1) is 0 Å². The molecule has 0 saturated carbocycles. The fraction of sp³-hybridized carbons (Fsp3) is 0.909. The smallest absolute Gasteiger partial charge is 0.320 e. The molecule has 1 saturated heterocycles. The van der Waals surface area contributed by atoms with Gasteiger partial charge in [0.1, 0.15) is 6.04 Å². The predicted octanol–water partition coefficient (Wildman–Crippen LogP) is 0.287. The van der Waals surface area contributed by atoms with Gasteiger partial charge in [0.25, 0.3) is 0 Å². The van der Waals surface area contributed by atoms with E-state index in [2.05, 4.69) is 5.32 Å². The Hall–Kier alpha value is -0.650. The van der Waals surface area contributed by atoms with E-state index >= 15 is 0 Å². The molecule has 96 valence electrons. The zero-order chi connectivity index (χ0) is 12.2. The Balaban J connectivity index is 0.000000315. The number of nitrogens with two attached hydrogens (primary N) is 2. The SMILES string of the molecule is C1CCNCC1.NCCCC[C@H](N)C(=O)O. The van der Waals surface area contributed by atoms with Crippen LogP contribution >= 0.6 is 0 Å². The Morgan fingerprint density at radius 1 is 1.25 bits per heavy atom. The van der Waals surface area contributed by atoms with Crippen molar-refractivity contribution in [2.45, 2.75) is 44.6 Å². The Labute approximate surface area is 97.6 Å². The Kier molecular flexibility index (Phi) is 10.4. The molecule has 0 amide bonds. The van der Waals surface area contributed by atoms with Crippen LogP contribution in [0.25, 0.3) is 0 Å². The van der Waals surface area contributed by atoms with Crippen molar-refractivity contribution < 1.29 is 9.90 Å². The van der Waals surface area contributed by atoms with E-state index in [1.807, 2.05) is 0 Å². The van der Waals surface area contributed by atoms with Crippen LogP contribution in [0.15, 0.2) is 0 Å². The van der Waals surface area contributed by atoms with Gasteiger partial charge in [-0.05, 0) is 45.3 Å². The number of hydrogen-bond acceptors (Lipinski definition) is 4. The highest BCUT2D eigenvalue weighted by Crippen LogP contribution is 1.97. The van der Waals surface area contributed by atoms with Crippen LogP contribution in [0.5, 0.6) is 0 Å². The lowest BCUT2D eigenvalue weighted by atomic mass is 10.1. The predicted molar refractivity (Wildman–Crippen MR) is 65.2 cm³/mol. The summed E-state index contributed by atoms with van der Waals surface area (Å²) < 4.78 is 0. The van der Waals surface area contributed by atoms with Crippen molar-refractivity contribution in [3.8, 4) is 0 Å². The minimum Gasteiger partial charge on any atom is -0.480 e. The van der Waals surface area contributed by atoms with Gasteiger partial charge in [-0.25, -0.2) is 0 Å². The summed E-state index contributed by atoms with van der Waals surface area (Å²) >= 11 is 0. The summed E-state index contributed by atoms with van der Waals surface area (Å²) in [6.07, 6.45) is 6.38. The molecule has 5 heteroatoms. The first-order valence-electron chi connectivity index (χ1n) is 6.07. The summed E-state index contributed by atoms with van der Waals surface area (Å²) in [5, 5.41) is 11.6. The second-order valence-corrected chi connectivity index (χ2v) is 4.04. The molecular weight excluding hydrogens is 206 g/mol. The standard InChI is InChI=1S/C6H14N2O2.C5H11N/c7-4-2-1-3-5(8)6(9)10;1-2-4-6-5-3-1/h5H,1-4,7-8H2,(H,9,10);6H,1-5H2/t5-;/m0./s1. The summed E-state index contributed by atoms with van der Waals surface area (Å²) in [7, 11) is 0. The van der Waals surface area contributed by atoms with Gasteiger partial charge in [0.15, 0.2) is 0 Å². The maximum absolute atomic E-state index is 10.1. The van der Waals surface area contributed by atoms with Crippen LogP contribution in [0.2, 0.25) is 0 Å². The summed E-state index contributed by atoms with van der Waals surface area (Å²) in [5.41, 5.74) is 10.4. The van der Waals surface area contributed by atoms with Gasteiger partial charge in [0.2, 0.25) is 0 Å². The Bertz CT molecular complexity index is 161. The van der Waals surface area contributed by atoms with Crippen molar-refractivity contribution in [1.82, 2.24) is 5.32 Å². The van der Waals surface area contributed by atoms with E-state index in [9.17, 15) is 4.79 Å². The molecule has 1 fully saturated rings. The molecule has 1 aliphatic heterocycles. The molecule has 16 heavy (non-hydrogen) atoms. The number of hydrogen-bond donors (Lipinski definition) is 4. The molecule has 0 radical (unpaired) electrons. The summed E-state index contributed by atoms with van der Waals surface area (Å²) in [6, 6.07) is -0.716. The number of piperidine rings is 1. The molecule has 0 aromatic carbocycles. The van der Waals surface area contributed by atoms with Gasteiger partial charge in [-0.1, -0.05) is 12.8 Å². The number of carboxylic acid groups (broad SMARTS) is 1. The number of unbranched alkanes of at least 4 members (excludes halogenated alkanes) is 1. The minimum absolute atomic E-state index is 0.520. The molecule has 6 N–H and O–H groups in total. The van der Waals surface area contributed by atoms with Crippen LogP contribution in [0.1, 0.15) is 38.5 Å². The second kappa shape index (κ2) is 10.9. The third-order valence-electron chi connectivity index (χ3n) is 2.49. The van der Waals surface area contributed by atoms with Gasteiger partial charge >= 0.3 is 5.97 Å². The number of carbonyl (C=O) groups is 1. The molecule has 5 nitrogen and oxygen atoms in total. The molecular formula is C11H25N3O2. The van der Waals surface area contributed by atoms with Crippen LogP contribution in [-0.4, -0.2) is 36.8 Å². The summed E-state index contributed by atoms with van der Waals surface area (Å²) in [4.78, 5) is 10.1. The average Bonchev–Trinajstić information content (AvgIpc) is 2.32. The summed E-state index contributed by atoms with van der Waals surface area (Å²) in [5.74, 6) is -0.933. The number of aliphatic carboxylic acids is 1. The van der Waals surface area contributed by atoms with E-state index in [0.717, 1.165) is 12.8 Å². The zero-order valence-electron chi connectivity index (χ0n) is 9.95. The van der Waals surface area contributed by atoms with E-state index in [-0.39, 0.29) is 0 Å². The fourth-order valence-corrected chi connectivity index (χ4v) is 1.43. The highest BCUT2D eigenvalue weighted by molar-refractivity contribution is 5.72. The first-order chi connectivity index (χ1) is 7.68. The monoisotopic (exact) mass is 231 g/mol. The largest absolute Gasteiger partial charge is 0.480 e. The van der Waals surface area contributed by atoms with Crippen molar-refractivity contribution in [2.75, 3.05) is 19.6 Å². The van der Waals surface area contributed by atoms with Crippen molar-refractivity contribution in [1.29, 1.82) is 0 Å². The van der Waals surface area contributed by atoms with Crippen molar-refractivity contribution in [3.63, 3.8) is 0 Å². The van der Waals surface area contributed by atoms with Gasteiger partial charge in [-0.15, -0.1) is 0 Å². The van der Waals surface area contributed by atoms with Gasteiger partial charge in [-0.2, -0.15) is 0 Å². The molecule has 0 unspecified atom stereocenters. The maximum atomic E-state index is 10.1. The molecule has 0 aromatic heterocycles. The van der Waals surface area contributed by atoms with Gasteiger partial charge in [0, 0.05) is 0 Å². The van der Waals surface area contributed by atoms with Crippen molar-refractivity contribution in [3.05, 3.63) is 0 Å². The van der Waals surface area contributed by atoms with E-state index in [0.29, 0.717) is 13.0 Å². The third kappa shape index (κ3) is 9.89. The fourth-order valence-electron chi connectivity index (χ4n) is 1.43. The normalized spacial score (nSPS) is 17.1. The molecule has 1 atom stereocenters. The Morgan fingerprint density at radius 3 is 2.19 bits per heavy atom. The topological polar surface area (TPSA) is 101 Å². The van der Waals surface area contributed by atoms with E-state index < -0.39 is 12.0 Å². The van der Waals surface area contributed by atoms with E-state index in [1.165, 1.54) is 32.4 Å². The maximum Gasteiger partial charge on any atom is 0.320 e. The number of carboxylic acids is 1. The molecule has 0 aliphatic carbocycles. The first kappa shape index (κ1) is 15.3. The van der Waals surface area contributed by atoms with Crippen molar-refractivity contribution in [2.24, 2.45) is 11.5 Å². The number of rotatable bonds is 5. The molecule has 1 aliphatic rings. The van der Waals surface area contributed by atoms with Crippen molar-refractivity contribution >= 4 is 5.97 Å². The van der Waals surface area contributed by atoms with Crippen LogP contribution < -0.4 is 16.8 Å². The minimum atomic E-state index is -0.933. The lowest BCUT2D eigenvalue weighted by Crippen LogP contribution is -2.29.